The Hall–Kier alpha value is -1.88. The first-order valence-corrected chi connectivity index (χ1v) is 6.49. The van der Waals surface area contributed by atoms with E-state index < -0.39 is 4.92 Å². The normalized spacial score (nSPS) is 11.2. The van der Waals surface area contributed by atoms with Crippen molar-refractivity contribution >= 4 is 5.69 Å². The smallest absolute Gasteiger partial charge is 0.311 e. The SMILES string of the molecule is C=C(CNC(C)(C)C)COc1c(C)cccc1[N+](=O)[O-]. The zero-order chi connectivity index (χ0) is 15.3. The predicted molar refractivity (Wildman–Crippen MR) is 80.2 cm³/mol. The highest BCUT2D eigenvalue weighted by molar-refractivity contribution is 5.51. The number of nitrogens with one attached hydrogen (secondary N) is 1. The number of hydrogen-bond donors (Lipinski definition) is 1. The van der Waals surface area contributed by atoms with Crippen molar-refractivity contribution in [2.75, 3.05) is 13.2 Å². The second-order valence-electron chi connectivity index (χ2n) is 5.82. The Labute approximate surface area is 119 Å². The van der Waals surface area contributed by atoms with Crippen LogP contribution in [-0.2, 0) is 0 Å². The fourth-order valence-corrected chi connectivity index (χ4v) is 1.58. The molecule has 0 fully saturated rings. The standard InChI is InChI=1S/C15H22N2O3/c1-11(9-16-15(3,4)5)10-20-14-12(2)7-6-8-13(14)17(18)19/h6-8,16H,1,9-10H2,2-5H3. The number of nitro benzene ring substituents is 1. The summed E-state index contributed by atoms with van der Waals surface area (Å²) < 4.78 is 5.58. The molecule has 20 heavy (non-hydrogen) atoms. The molecule has 0 heterocycles. The van der Waals surface area contributed by atoms with Gasteiger partial charge in [0, 0.05) is 18.2 Å². The first-order chi connectivity index (χ1) is 9.20. The summed E-state index contributed by atoms with van der Waals surface area (Å²) in [6, 6.07) is 4.88. The van der Waals surface area contributed by atoms with E-state index in [1.165, 1.54) is 6.07 Å². The number of hydrogen-bond acceptors (Lipinski definition) is 4. The molecule has 0 bridgehead atoms. The third-order valence-corrected chi connectivity index (χ3v) is 2.68. The summed E-state index contributed by atoms with van der Waals surface area (Å²) in [6.45, 7) is 12.8. The van der Waals surface area contributed by atoms with Gasteiger partial charge in [0.1, 0.15) is 6.61 Å². The molecule has 1 rings (SSSR count). The van der Waals surface area contributed by atoms with Crippen LogP contribution in [0.4, 0.5) is 5.69 Å². The maximum Gasteiger partial charge on any atom is 0.311 e. The molecule has 0 radical (unpaired) electrons. The number of rotatable bonds is 6. The van der Waals surface area contributed by atoms with E-state index in [1.54, 1.807) is 19.1 Å². The Morgan fingerprint density at radius 1 is 1.45 bits per heavy atom. The maximum atomic E-state index is 11.0. The molecule has 0 amide bonds. The molecular weight excluding hydrogens is 256 g/mol. The van der Waals surface area contributed by atoms with Crippen LogP contribution in [0.3, 0.4) is 0 Å². The monoisotopic (exact) mass is 278 g/mol. The van der Waals surface area contributed by atoms with Crippen molar-refractivity contribution in [3.05, 3.63) is 46.0 Å². The minimum Gasteiger partial charge on any atom is -0.482 e. The Kier molecular flexibility index (Phi) is 5.27. The predicted octanol–water partition coefficient (Wildman–Crippen LogP) is 3.23. The van der Waals surface area contributed by atoms with Crippen molar-refractivity contribution < 1.29 is 9.66 Å². The van der Waals surface area contributed by atoms with Gasteiger partial charge in [0.15, 0.2) is 5.75 Å². The quantitative estimate of drug-likeness (QED) is 0.493. The molecule has 110 valence electrons. The van der Waals surface area contributed by atoms with Crippen molar-refractivity contribution in [3.8, 4) is 5.75 Å². The summed E-state index contributed by atoms with van der Waals surface area (Å²) in [5, 5.41) is 14.3. The number of aryl methyl sites for hydroxylation is 1. The molecule has 0 saturated heterocycles. The van der Waals surface area contributed by atoms with Crippen LogP contribution < -0.4 is 10.1 Å². The van der Waals surface area contributed by atoms with E-state index in [0.29, 0.717) is 12.3 Å². The summed E-state index contributed by atoms with van der Waals surface area (Å²) in [5.41, 5.74) is 1.58. The van der Waals surface area contributed by atoms with Crippen molar-refractivity contribution in [3.63, 3.8) is 0 Å². The Morgan fingerprint density at radius 3 is 2.65 bits per heavy atom. The third-order valence-electron chi connectivity index (χ3n) is 2.68. The van der Waals surface area contributed by atoms with Gasteiger partial charge in [0.25, 0.3) is 0 Å². The molecule has 0 saturated carbocycles. The first-order valence-electron chi connectivity index (χ1n) is 6.49. The van der Waals surface area contributed by atoms with Gasteiger partial charge in [-0.1, -0.05) is 18.7 Å². The van der Waals surface area contributed by atoms with E-state index in [-0.39, 0.29) is 17.8 Å². The second-order valence-corrected chi connectivity index (χ2v) is 5.82. The molecule has 0 unspecified atom stereocenters. The molecule has 0 aromatic heterocycles. The lowest BCUT2D eigenvalue weighted by Crippen LogP contribution is -2.37. The van der Waals surface area contributed by atoms with Gasteiger partial charge in [-0.25, -0.2) is 0 Å². The lowest BCUT2D eigenvalue weighted by Gasteiger charge is -2.21. The van der Waals surface area contributed by atoms with Crippen LogP contribution in [0.1, 0.15) is 26.3 Å². The molecule has 1 aromatic carbocycles. The largest absolute Gasteiger partial charge is 0.482 e. The van der Waals surface area contributed by atoms with Crippen LogP contribution in [0, 0.1) is 17.0 Å². The minimum absolute atomic E-state index is 0.00238. The number of ether oxygens (including phenoxy) is 1. The van der Waals surface area contributed by atoms with E-state index in [1.807, 2.05) is 0 Å². The average Bonchev–Trinajstić information content (AvgIpc) is 2.33. The third kappa shape index (κ3) is 5.01. The van der Waals surface area contributed by atoms with Gasteiger partial charge in [-0.15, -0.1) is 0 Å². The van der Waals surface area contributed by atoms with Gasteiger partial charge in [-0.05, 0) is 38.8 Å². The van der Waals surface area contributed by atoms with Crippen molar-refractivity contribution in [2.45, 2.75) is 33.2 Å². The molecular formula is C15H22N2O3. The zero-order valence-electron chi connectivity index (χ0n) is 12.5. The van der Waals surface area contributed by atoms with Crippen LogP contribution in [0.15, 0.2) is 30.4 Å². The number of nitrogens with zero attached hydrogens (tertiary/aromatic N) is 1. The molecule has 0 aliphatic heterocycles. The molecule has 0 atom stereocenters. The highest BCUT2D eigenvalue weighted by Crippen LogP contribution is 2.30. The van der Waals surface area contributed by atoms with Gasteiger partial charge >= 0.3 is 5.69 Å². The summed E-state index contributed by atoms with van der Waals surface area (Å²) >= 11 is 0. The summed E-state index contributed by atoms with van der Waals surface area (Å²) in [5.74, 6) is 0.314. The summed E-state index contributed by atoms with van der Waals surface area (Å²) in [4.78, 5) is 10.5. The number of nitro groups is 1. The lowest BCUT2D eigenvalue weighted by molar-refractivity contribution is -0.385. The van der Waals surface area contributed by atoms with Crippen LogP contribution in [0.25, 0.3) is 0 Å². The fraction of sp³-hybridized carbons (Fsp3) is 0.467. The molecule has 1 aromatic rings. The lowest BCUT2D eigenvalue weighted by atomic mass is 10.1. The van der Waals surface area contributed by atoms with E-state index in [9.17, 15) is 10.1 Å². The minimum atomic E-state index is -0.432. The molecule has 5 nitrogen and oxygen atoms in total. The number of benzene rings is 1. The Morgan fingerprint density at radius 2 is 2.10 bits per heavy atom. The van der Waals surface area contributed by atoms with Crippen LogP contribution in [0.5, 0.6) is 5.75 Å². The van der Waals surface area contributed by atoms with Gasteiger partial charge in [-0.3, -0.25) is 10.1 Å². The number of para-hydroxylation sites is 1. The van der Waals surface area contributed by atoms with Gasteiger partial charge < -0.3 is 10.1 Å². The van der Waals surface area contributed by atoms with E-state index >= 15 is 0 Å². The molecule has 0 aliphatic rings. The van der Waals surface area contributed by atoms with Gasteiger partial charge in [0.2, 0.25) is 0 Å². The van der Waals surface area contributed by atoms with Crippen LogP contribution >= 0.6 is 0 Å². The molecule has 1 N–H and O–H groups in total. The second kappa shape index (κ2) is 6.52. The topological polar surface area (TPSA) is 64.4 Å². The molecule has 0 spiro atoms. The highest BCUT2D eigenvalue weighted by Gasteiger charge is 2.17. The zero-order valence-corrected chi connectivity index (χ0v) is 12.5. The van der Waals surface area contributed by atoms with Crippen molar-refractivity contribution in [1.82, 2.24) is 5.32 Å². The van der Waals surface area contributed by atoms with E-state index in [0.717, 1.165) is 11.1 Å². The van der Waals surface area contributed by atoms with Crippen molar-refractivity contribution in [1.29, 1.82) is 0 Å². The Balaban J connectivity index is 2.66. The molecule has 5 heteroatoms. The van der Waals surface area contributed by atoms with Gasteiger partial charge in [-0.2, -0.15) is 0 Å². The van der Waals surface area contributed by atoms with Crippen LogP contribution in [-0.4, -0.2) is 23.6 Å². The Bertz CT molecular complexity index is 504. The van der Waals surface area contributed by atoms with Gasteiger partial charge in [0.05, 0.1) is 4.92 Å². The van der Waals surface area contributed by atoms with E-state index in [2.05, 4.69) is 32.7 Å². The maximum absolute atomic E-state index is 11.0. The molecule has 0 aliphatic carbocycles. The van der Waals surface area contributed by atoms with Crippen molar-refractivity contribution in [2.24, 2.45) is 0 Å². The van der Waals surface area contributed by atoms with E-state index in [4.69, 9.17) is 4.74 Å². The first kappa shape index (κ1) is 16.2. The average molecular weight is 278 g/mol. The fourth-order valence-electron chi connectivity index (χ4n) is 1.58. The highest BCUT2D eigenvalue weighted by atomic mass is 16.6. The summed E-state index contributed by atoms with van der Waals surface area (Å²) in [6.07, 6.45) is 0. The van der Waals surface area contributed by atoms with Crippen LogP contribution in [0.2, 0.25) is 0 Å². The summed E-state index contributed by atoms with van der Waals surface area (Å²) in [7, 11) is 0.